The molecule has 204 valence electrons. The number of morpholine rings is 1. The molecule has 40 heavy (non-hydrogen) atoms. The molecule has 1 aliphatic heterocycles. The summed E-state index contributed by atoms with van der Waals surface area (Å²) in [6.07, 6.45) is 1.64. The van der Waals surface area contributed by atoms with E-state index in [-0.39, 0.29) is 16.5 Å². The molecule has 0 aliphatic carbocycles. The van der Waals surface area contributed by atoms with E-state index in [2.05, 4.69) is 31.7 Å². The van der Waals surface area contributed by atoms with Crippen molar-refractivity contribution in [3.8, 4) is 22.7 Å². The lowest BCUT2D eigenvalue weighted by Crippen LogP contribution is -2.36. The quantitative estimate of drug-likeness (QED) is 0.304. The van der Waals surface area contributed by atoms with Gasteiger partial charge >= 0.3 is 0 Å². The van der Waals surface area contributed by atoms with E-state index >= 15 is 0 Å². The highest BCUT2D eigenvalue weighted by atomic mass is 32.2. The van der Waals surface area contributed by atoms with E-state index in [0.29, 0.717) is 11.5 Å². The van der Waals surface area contributed by atoms with Crippen LogP contribution >= 0.6 is 0 Å². The van der Waals surface area contributed by atoms with Crippen molar-refractivity contribution in [2.75, 3.05) is 48.8 Å². The fourth-order valence-corrected chi connectivity index (χ4v) is 5.90. The van der Waals surface area contributed by atoms with Crippen molar-refractivity contribution in [1.29, 1.82) is 0 Å². The van der Waals surface area contributed by atoms with E-state index < -0.39 is 10.0 Å². The number of hydrogen-bond donors (Lipinski definition) is 2. The lowest BCUT2D eigenvalue weighted by molar-refractivity contribution is 0.122. The Balaban J connectivity index is 1.36. The second kappa shape index (κ2) is 10.5. The van der Waals surface area contributed by atoms with Crippen molar-refractivity contribution in [3.05, 3.63) is 85.1 Å². The molecule has 11 heteroatoms. The summed E-state index contributed by atoms with van der Waals surface area (Å²) in [5.41, 5.74) is 11.7. The van der Waals surface area contributed by atoms with E-state index in [1.165, 1.54) is 19.2 Å². The maximum atomic E-state index is 13.0. The maximum absolute atomic E-state index is 13.0. The van der Waals surface area contributed by atoms with Gasteiger partial charge in [0.2, 0.25) is 11.8 Å². The van der Waals surface area contributed by atoms with Gasteiger partial charge in [-0.05, 0) is 60.2 Å². The number of ether oxygens (including phenoxy) is 2. The fraction of sp³-hybridized carbons (Fsp3) is 0.172. The topological polar surface area (TPSA) is 125 Å². The van der Waals surface area contributed by atoms with Gasteiger partial charge in [-0.3, -0.25) is 9.29 Å². The summed E-state index contributed by atoms with van der Waals surface area (Å²) in [6.45, 7) is 3.16. The third-order valence-electron chi connectivity index (χ3n) is 6.84. The number of hydrogen-bond acceptors (Lipinski definition) is 8. The number of nitrogens with zero attached hydrogens (tertiary/aromatic N) is 4. The van der Waals surface area contributed by atoms with Gasteiger partial charge < -0.3 is 20.1 Å². The van der Waals surface area contributed by atoms with Crippen LogP contribution in [0.3, 0.4) is 0 Å². The Morgan fingerprint density at radius 3 is 2.38 bits per heavy atom. The van der Waals surface area contributed by atoms with E-state index in [0.717, 1.165) is 54.3 Å². The van der Waals surface area contributed by atoms with Gasteiger partial charge in [0.15, 0.2) is 0 Å². The van der Waals surface area contributed by atoms with Crippen LogP contribution in [-0.2, 0) is 14.8 Å². The Morgan fingerprint density at radius 2 is 1.65 bits per heavy atom. The van der Waals surface area contributed by atoms with Gasteiger partial charge in [-0.25, -0.2) is 18.4 Å². The Labute approximate surface area is 232 Å². The van der Waals surface area contributed by atoms with Crippen LogP contribution in [0.2, 0.25) is 0 Å². The van der Waals surface area contributed by atoms with Crippen molar-refractivity contribution in [3.63, 3.8) is 0 Å². The zero-order valence-electron chi connectivity index (χ0n) is 21.8. The van der Waals surface area contributed by atoms with E-state index in [1.54, 1.807) is 30.5 Å². The Kier molecular flexibility index (Phi) is 6.74. The van der Waals surface area contributed by atoms with Gasteiger partial charge in [-0.1, -0.05) is 24.3 Å². The van der Waals surface area contributed by atoms with Crippen LogP contribution in [0.5, 0.6) is 5.88 Å². The second-order valence-corrected chi connectivity index (χ2v) is 11.0. The molecule has 0 atom stereocenters. The molecule has 0 saturated carbocycles. The number of benzene rings is 3. The number of rotatable bonds is 7. The highest BCUT2D eigenvalue weighted by Crippen LogP contribution is 2.33. The standard InChI is InChI=1S/C29H28N6O4S/c1-38-28-26(33-40(36,37)24-5-3-2-4-6-24)17-21(19-31-28)20-7-12-25-27(18-20)35(29(30)32-25)23-10-8-22(9-11-23)34-13-15-39-16-14-34/h2-12,17-19,33H,13-16H2,1H3,(H2,30,32). The molecular formula is C29H28N6O4S. The Hall–Kier alpha value is -4.61. The van der Waals surface area contributed by atoms with Gasteiger partial charge in [0.25, 0.3) is 10.0 Å². The van der Waals surface area contributed by atoms with Crippen LogP contribution in [0, 0.1) is 0 Å². The molecule has 0 amide bonds. The summed E-state index contributed by atoms with van der Waals surface area (Å²) in [4.78, 5) is 11.3. The van der Waals surface area contributed by atoms with Crippen molar-refractivity contribution >= 4 is 38.4 Å². The molecule has 2 aromatic heterocycles. The van der Waals surface area contributed by atoms with Gasteiger partial charge in [0.05, 0.1) is 36.3 Å². The van der Waals surface area contributed by atoms with Crippen LogP contribution in [0.4, 0.5) is 17.3 Å². The summed E-state index contributed by atoms with van der Waals surface area (Å²) in [7, 11) is -2.40. The van der Waals surface area contributed by atoms with Crippen molar-refractivity contribution in [2.45, 2.75) is 4.90 Å². The summed E-state index contributed by atoms with van der Waals surface area (Å²) >= 11 is 0. The average Bonchev–Trinajstić information content (AvgIpc) is 3.32. The smallest absolute Gasteiger partial charge is 0.262 e. The number of aromatic nitrogens is 3. The highest BCUT2D eigenvalue weighted by Gasteiger charge is 2.19. The first kappa shape index (κ1) is 25.7. The number of nitrogens with one attached hydrogen (secondary N) is 1. The minimum Gasteiger partial charge on any atom is -0.480 e. The molecule has 6 rings (SSSR count). The fourth-order valence-electron chi connectivity index (χ4n) is 4.83. The number of imidazole rings is 1. The Bertz CT molecular complexity index is 1770. The highest BCUT2D eigenvalue weighted by molar-refractivity contribution is 7.92. The second-order valence-electron chi connectivity index (χ2n) is 9.32. The molecule has 3 heterocycles. The minimum absolute atomic E-state index is 0.142. The van der Waals surface area contributed by atoms with Crippen molar-refractivity contribution in [1.82, 2.24) is 14.5 Å². The first-order valence-electron chi connectivity index (χ1n) is 12.8. The van der Waals surface area contributed by atoms with Crippen LogP contribution in [-0.4, -0.2) is 56.4 Å². The normalized spacial score (nSPS) is 13.9. The Morgan fingerprint density at radius 1 is 0.925 bits per heavy atom. The first-order chi connectivity index (χ1) is 19.4. The van der Waals surface area contributed by atoms with Crippen LogP contribution in [0.25, 0.3) is 27.8 Å². The molecule has 0 unspecified atom stereocenters. The molecule has 1 fully saturated rings. The van der Waals surface area contributed by atoms with Gasteiger partial charge in [0, 0.05) is 36.2 Å². The summed E-state index contributed by atoms with van der Waals surface area (Å²) < 4.78 is 41.3. The number of fused-ring (bicyclic) bond motifs is 1. The van der Waals surface area contributed by atoms with Crippen molar-refractivity contribution in [2.24, 2.45) is 0 Å². The van der Waals surface area contributed by atoms with E-state index in [1.807, 2.05) is 34.9 Å². The van der Waals surface area contributed by atoms with Crippen molar-refractivity contribution < 1.29 is 17.9 Å². The lowest BCUT2D eigenvalue weighted by atomic mass is 10.1. The molecule has 3 aromatic carbocycles. The van der Waals surface area contributed by atoms with Gasteiger partial charge in [-0.2, -0.15) is 0 Å². The molecule has 0 spiro atoms. The number of nitrogen functional groups attached to an aromatic ring is 1. The monoisotopic (exact) mass is 556 g/mol. The molecule has 1 aliphatic rings. The van der Waals surface area contributed by atoms with Gasteiger partial charge in [0.1, 0.15) is 5.69 Å². The predicted octanol–water partition coefficient (Wildman–Crippen LogP) is 4.32. The number of pyridine rings is 1. The maximum Gasteiger partial charge on any atom is 0.262 e. The molecule has 3 N–H and O–H groups in total. The number of anilines is 3. The first-order valence-corrected chi connectivity index (χ1v) is 14.2. The van der Waals surface area contributed by atoms with Crippen LogP contribution < -0.4 is 20.1 Å². The summed E-state index contributed by atoms with van der Waals surface area (Å²) in [6, 6.07) is 23.8. The largest absolute Gasteiger partial charge is 0.480 e. The molecule has 0 radical (unpaired) electrons. The number of methoxy groups -OCH3 is 1. The molecular weight excluding hydrogens is 528 g/mol. The summed E-state index contributed by atoms with van der Waals surface area (Å²) in [5, 5.41) is 0. The molecule has 1 saturated heterocycles. The van der Waals surface area contributed by atoms with E-state index in [4.69, 9.17) is 15.2 Å². The SMILES string of the molecule is COc1ncc(-c2ccc3nc(N)n(-c4ccc(N5CCOCC5)cc4)c3c2)cc1NS(=O)(=O)c1ccccc1. The van der Waals surface area contributed by atoms with Crippen LogP contribution in [0.15, 0.2) is 90.0 Å². The average molecular weight is 557 g/mol. The minimum atomic E-state index is -3.84. The zero-order chi connectivity index (χ0) is 27.7. The molecule has 10 nitrogen and oxygen atoms in total. The number of nitrogens with two attached hydrogens (primary N) is 1. The third kappa shape index (κ3) is 4.92. The predicted molar refractivity (Wildman–Crippen MR) is 156 cm³/mol. The summed E-state index contributed by atoms with van der Waals surface area (Å²) in [5.74, 6) is 0.536. The van der Waals surface area contributed by atoms with Gasteiger partial charge in [-0.15, -0.1) is 0 Å². The van der Waals surface area contributed by atoms with E-state index in [9.17, 15) is 8.42 Å². The zero-order valence-corrected chi connectivity index (χ0v) is 22.6. The lowest BCUT2D eigenvalue weighted by Gasteiger charge is -2.29. The third-order valence-corrected chi connectivity index (χ3v) is 8.22. The molecule has 5 aromatic rings. The molecule has 0 bridgehead atoms. The van der Waals surface area contributed by atoms with Crippen LogP contribution in [0.1, 0.15) is 0 Å². The number of sulfonamides is 1.